The predicted octanol–water partition coefficient (Wildman–Crippen LogP) is 2.02. The fraction of sp³-hybridized carbons (Fsp3) is 0.333. The van der Waals surface area contributed by atoms with Crippen molar-refractivity contribution < 1.29 is 14.7 Å². The first-order chi connectivity index (χ1) is 9.15. The lowest BCUT2D eigenvalue weighted by Gasteiger charge is -2.18. The molecule has 0 radical (unpaired) electrons. The van der Waals surface area contributed by atoms with Gasteiger partial charge in [0.1, 0.15) is 6.54 Å². The third-order valence-corrected chi connectivity index (χ3v) is 3.03. The van der Waals surface area contributed by atoms with Gasteiger partial charge in [-0.25, -0.2) is 0 Å². The van der Waals surface area contributed by atoms with Crippen molar-refractivity contribution in [3.8, 4) is 0 Å². The SMILES string of the molecule is O=C(O)CN(CC1CC1)C(=O)/C=C/c1ccccc1. The van der Waals surface area contributed by atoms with Crippen molar-refractivity contribution in [3.63, 3.8) is 0 Å². The van der Waals surface area contributed by atoms with E-state index in [1.807, 2.05) is 30.3 Å². The number of carbonyl (C=O) groups is 2. The number of aliphatic carboxylic acids is 1. The van der Waals surface area contributed by atoms with E-state index in [1.54, 1.807) is 6.08 Å². The molecule has 1 aromatic rings. The van der Waals surface area contributed by atoms with Gasteiger partial charge in [-0.1, -0.05) is 30.3 Å². The summed E-state index contributed by atoms with van der Waals surface area (Å²) in [6.45, 7) is 0.318. The largest absolute Gasteiger partial charge is 0.480 e. The van der Waals surface area contributed by atoms with Gasteiger partial charge >= 0.3 is 5.97 Å². The van der Waals surface area contributed by atoms with Gasteiger partial charge in [-0.15, -0.1) is 0 Å². The zero-order valence-electron chi connectivity index (χ0n) is 10.7. The van der Waals surface area contributed by atoms with E-state index in [4.69, 9.17) is 5.11 Å². The highest BCUT2D eigenvalue weighted by atomic mass is 16.4. The van der Waals surface area contributed by atoms with Crippen LogP contribution in [0.3, 0.4) is 0 Å². The van der Waals surface area contributed by atoms with E-state index in [0.717, 1.165) is 18.4 Å². The first kappa shape index (κ1) is 13.3. The van der Waals surface area contributed by atoms with Crippen molar-refractivity contribution in [3.05, 3.63) is 42.0 Å². The molecule has 4 heteroatoms. The van der Waals surface area contributed by atoms with Crippen molar-refractivity contribution in [1.29, 1.82) is 0 Å². The Labute approximate surface area is 112 Å². The highest BCUT2D eigenvalue weighted by Gasteiger charge is 2.26. The summed E-state index contributed by atoms with van der Waals surface area (Å²) in [4.78, 5) is 24.2. The Morgan fingerprint density at radius 2 is 1.95 bits per heavy atom. The number of nitrogens with zero attached hydrogens (tertiary/aromatic N) is 1. The highest BCUT2D eigenvalue weighted by molar-refractivity contribution is 5.93. The van der Waals surface area contributed by atoms with Gasteiger partial charge in [0, 0.05) is 12.6 Å². The molecule has 0 bridgehead atoms. The number of benzene rings is 1. The first-order valence-corrected chi connectivity index (χ1v) is 6.39. The summed E-state index contributed by atoms with van der Waals surface area (Å²) in [5.41, 5.74) is 0.928. The van der Waals surface area contributed by atoms with Crippen LogP contribution in [0.4, 0.5) is 0 Å². The van der Waals surface area contributed by atoms with Gasteiger partial charge in [0.2, 0.25) is 5.91 Å². The van der Waals surface area contributed by atoms with E-state index < -0.39 is 5.97 Å². The Hall–Kier alpha value is -2.10. The van der Waals surface area contributed by atoms with E-state index in [2.05, 4.69) is 0 Å². The molecule has 1 fully saturated rings. The molecule has 0 spiro atoms. The van der Waals surface area contributed by atoms with Gasteiger partial charge in [0.25, 0.3) is 0 Å². The number of carbonyl (C=O) groups excluding carboxylic acids is 1. The molecular formula is C15H17NO3. The lowest BCUT2D eigenvalue weighted by Crippen LogP contribution is -2.36. The van der Waals surface area contributed by atoms with Crippen LogP contribution in [0.5, 0.6) is 0 Å². The van der Waals surface area contributed by atoms with Crippen LogP contribution in [0.2, 0.25) is 0 Å². The number of rotatable bonds is 6. The van der Waals surface area contributed by atoms with Crippen molar-refractivity contribution >= 4 is 18.0 Å². The monoisotopic (exact) mass is 259 g/mol. The summed E-state index contributed by atoms with van der Waals surface area (Å²) in [5, 5.41) is 8.83. The Morgan fingerprint density at radius 1 is 1.26 bits per heavy atom. The van der Waals surface area contributed by atoms with Crippen LogP contribution in [0.25, 0.3) is 6.08 Å². The molecule has 0 saturated heterocycles. The molecule has 1 amide bonds. The normalized spacial score (nSPS) is 14.5. The maximum Gasteiger partial charge on any atom is 0.323 e. The molecule has 0 unspecified atom stereocenters. The van der Waals surface area contributed by atoms with E-state index in [9.17, 15) is 9.59 Å². The zero-order chi connectivity index (χ0) is 13.7. The minimum Gasteiger partial charge on any atom is -0.480 e. The number of amides is 1. The van der Waals surface area contributed by atoms with Gasteiger partial charge in [-0.2, -0.15) is 0 Å². The lowest BCUT2D eigenvalue weighted by molar-refractivity contribution is -0.142. The molecule has 19 heavy (non-hydrogen) atoms. The fourth-order valence-electron chi connectivity index (χ4n) is 1.84. The molecule has 2 rings (SSSR count). The molecule has 0 aliphatic heterocycles. The van der Waals surface area contributed by atoms with E-state index in [-0.39, 0.29) is 12.5 Å². The summed E-state index contributed by atoms with van der Waals surface area (Å²) in [5.74, 6) is -0.728. The molecular weight excluding hydrogens is 242 g/mol. The standard InChI is InChI=1S/C15H17NO3/c17-14(9-8-12-4-2-1-3-5-12)16(11-15(18)19)10-13-6-7-13/h1-5,8-9,13H,6-7,10-11H2,(H,18,19)/b9-8+. The molecule has 1 aliphatic rings. The van der Waals surface area contributed by atoms with Crippen LogP contribution >= 0.6 is 0 Å². The minimum atomic E-state index is -0.970. The van der Waals surface area contributed by atoms with Gasteiger partial charge in [-0.3, -0.25) is 9.59 Å². The van der Waals surface area contributed by atoms with Crippen LogP contribution in [0.1, 0.15) is 18.4 Å². The van der Waals surface area contributed by atoms with Crippen molar-refractivity contribution in [2.75, 3.05) is 13.1 Å². The van der Waals surface area contributed by atoms with Crippen LogP contribution in [-0.2, 0) is 9.59 Å². The lowest BCUT2D eigenvalue weighted by atomic mass is 10.2. The molecule has 1 aliphatic carbocycles. The predicted molar refractivity (Wildman–Crippen MR) is 72.4 cm³/mol. The minimum absolute atomic E-state index is 0.228. The van der Waals surface area contributed by atoms with Crippen molar-refractivity contribution in [1.82, 2.24) is 4.90 Å². The summed E-state index contributed by atoms with van der Waals surface area (Å²) in [7, 11) is 0. The van der Waals surface area contributed by atoms with Gasteiger partial charge in [0.05, 0.1) is 0 Å². The second-order valence-corrected chi connectivity index (χ2v) is 4.80. The summed E-state index contributed by atoms with van der Waals surface area (Å²) in [6.07, 6.45) is 5.34. The molecule has 1 aromatic carbocycles. The molecule has 1 N–H and O–H groups in total. The van der Waals surface area contributed by atoms with E-state index in [0.29, 0.717) is 12.5 Å². The summed E-state index contributed by atoms with van der Waals surface area (Å²) < 4.78 is 0. The Kier molecular flexibility index (Phi) is 4.34. The average Bonchev–Trinajstić information content (AvgIpc) is 3.20. The smallest absolute Gasteiger partial charge is 0.323 e. The van der Waals surface area contributed by atoms with Gasteiger partial charge < -0.3 is 10.0 Å². The zero-order valence-corrected chi connectivity index (χ0v) is 10.7. The topological polar surface area (TPSA) is 57.6 Å². The Morgan fingerprint density at radius 3 is 2.53 bits per heavy atom. The number of carboxylic acid groups (broad SMARTS) is 1. The average molecular weight is 259 g/mol. The third-order valence-electron chi connectivity index (χ3n) is 3.03. The quantitative estimate of drug-likeness (QED) is 0.795. The van der Waals surface area contributed by atoms with Gasteiger partial charge in [0.15, 0.2) is 0 Å². The third kappa shape index (κ3) is 4.58. The van der Waals surface area contributed by atoms with Crippen LogP contribution in [0, 0.1) is 5.92 Å². The van der Waals surface area contributed by atoms with Crippen molar-refractivity contribution in [2.24, 2.45) is 5.92 Å². The molecule has 1 saturated carbocycles. The molecule has 4 nitrogen and oxygen atoms in total. The van der Waals surface area contributed by atoms with Crippen LogP contribution in [-0.4, -0.2) is 35.0 Å². The Balaban J connectivity index is 1.97. The summed E-state index contributed by atoms with van der Waals surface area (Å²) >= 11 is 0. The first-order valence-electron chi connectivity index (χ1n) is 6.39. The molecule has 100 valence electrons. The van der Waals surface area contributed by atoms with Gasteiger partial charge in [-0.05, 0) is 30.4 Å². The highest BCUT2D eigenvalue weighted by Crippen LogP contribution is 2.29. The number of hydrogen-bond donors (Lipinski definition) is 1. The molecule has 0 atom stereocenters. The second kappa shape index (κ2) is 6.18. The van der Waals surface area contributed by atoms with Crippen LogP contribution in [0.15, 0.2) is 36.4 Å². The number of hydrogen-bond acceptors (Lipinski definition) is 2. The Bertz CT molecular complexity index is 477. The van der Waals surface area contributed by atoms with Crippen molar-refractivity contribution in [2.45, 2.75) is 12.8 Å². The maximum absolute atomic E-state index is 12.0. The van der Waals surface area contributed by atoms with E-state index in [1.165, 1.54) is 11.0 Å². The molecule has 0 heterocycles. The summed E-state index contributed by atoms with van der Waals surface area (Å²) in [6, 6.07) is 9.48. The maximum atomic E-state index is 12.0. The fourth-order valence-corrected chi connectivity index (χ4v) is 1.84. The number of carboxylic acids is 1. The van der Waals surface area contributed by atoms with E-state index >= 15 is 0 Å². The van der Waals surface area contributed by atoms with Crippen LogP contribution < -0.4 is 0 Å². The second-order valence-electron chi connectivity index (χ2n) is 4.80. The molecule has 0 aromatic heterocycles.